The van der Waals surface area contributed by atoms with Crippen LogP contribution in [0.5, 0.6) is 0 Å². The Hall–Kier alpha value is -0.560. The van der Waals surface area contributed by atoms with Crippen molar-refractivity contribution in [3.63, 3.8) is 0 Å². The molecule has 0 aromatic heterocycles. The molecule has 0 amide bonds. The summed E-state index contributed by atoms with van der Waals surface area (Å²) in [6.45, 7) is 4.33. The molecule has 2 nitrogen and oxygen atoms in total. The molecule has 62 valence electrons. The second kappa shape index (κ2) is 4.35. The molecule has 0 saturated carbocycles. The average molecular weight is 154 g/mol. The molecule has 1 aliphatic heterocycles. The lowest BCUT2D eigenvalue weighted by atomic mass is 10.0. The van der Waals surface area contributed by atoms with Crippen LogP contribution in [-0.2, 0) is 4.74 Å². The highest BCUT2D eigenvalue weighted by atomic mass is 16.5. The summed E-state index contributed by atoms with van der Waals surface area (Å²) in [6.07, 6.45) is 3.38. The molecule has 0 aliphatic carbocycles. The van der Waals surface area contributed by atoms with Crippen LogP contribution in [0.4, 0.5) is 0 Å². The summed E-state index contributed by atoms with van der Waals surface area (Å²) in [6, 6.07) is 0. The van der Waals surface area contributed by atoms with Crippen molar-refractivity contribution in [3.05, 3.63) is 17.9 Å². The molecule has 1 unspecified atom stereocenters. The monoisotopic (exact) mass is 154 g/mol. The van der Waals surface area contributed by atoms with Crippen LogP contribution in [0, 0.1) is 0 Å². The van der Waals surface area contributed by atoms with E-state index in [1.54, 1.807) is 0 Å². The number of aliphatic hydroxyl groups is 1. The maximum Gasteiger partial charge on any atom is 0.0881 e. The van der Waals surface area contributed by atoms with E-state index in [1.165, 1.54) is 6.42 Å². The molecular weight excluding hydrogens is 140 g/mol. The first-order valence-corrected chi connectivity index (χ1v) is 3.99. The van der Waals surface area contributed by atoms with Gasteiger partial charge in [-0.3, -0.25) is 0 Å². The van der Waals surface area contributed by atoms with Crippen molar-refractivity contribution in [1.29, 1.82) is 0 Å². The van der Waals surface area contributed by atoms with Gasteiger partial charge in [0, 0.05) is 12.2 Å². The zero-order valence-corrected chi connectivity index (χ0v) is 6.68. The van der Waals surface area contributed by atoms with Crippen molar-refractivity contribution in [3.8, 4) is 0 Å². The second-order valence-electron chi connectivity index (χ2n) is 2.72. The molecule has 1 saturated heterocycles. The summed E-state index contributed by atoms with van der Waals surface area (Å²) >= 11 is 0. The van der Waals surface area contributed by atoms with Crippen molar-refractivity contribution >= 4 is 0 Å². The molecule has 0 bridgehead atoms. The van der Waals surface area contributed by atoms with Gasteiger partial charge in [0.05, 0.1) is 12.7 Å². The molecule has 0 aromatic carbocycles. The zero-order chi connectivity index (χ0) is 8.10. The quantitative estimate of drug-likeness (QED) is 0.607. The Labute approximate surface area is 67.2 Å². The minimum atomic E-state index is 0.0220. The van der Waals surface area contributed by atoms with E-state index in [4.69, 9.17) is 9.84 Å². The van der Waals surface area contributed by atoms with Gasteiger partial charge in [-0.05, 0) is 19.3 Å². The third-order valence-electron chi connectivity index (χ3n) is 1.97. The van der Waals surface area contributed by atoms with Gasteiger partial charge in [0.15, 0.2) is 0 Å². The van der Waals surface area contributed by atoms with Gasteiger partial charge in [0.25, 0.3) is 0 Å². The van der Waals surface area contributed by atoms with Gasteiger partial charge in [-0.15, -0.1) is 5.73 Å². The first-order valence-electron chi connectivity index (χ1n) is 3.99. The van der Waals surface area contributed by atoms with Gasteiger partial charge in [-0.2, -0.15) is 0 Å². The summed E-state index contributed by atoms with van der Waals surface area (Å²) in [7, 11) is 0. The maximum atomic E-state index is 8.86. The van der Waals surface area contributed by atoms with Crippen molar-refractivity contribution in [2.24, 2.45) is 0 Å². The first-order chi connectivity index (χ1) is 5.38. The Morgan fingerprint density at radius 3 is 2.91 bits per heavy atom. The highest BCUT2D eigenvalue weighted by molar-refractivity contribution is 5.06. The van der Waals surface area contributed by atoms with Gasteiger partial charge in [0.1, 0.15) is 0 Å². The molecule has 1 heterocycles. The molecule has 11 heavy (non-hydrogen) atoms. The molecule has 2 heteroatoms. The van der Waals surface area contributed by atoms with Gasteiger partial charge >= 0.3 is 0 Å². The first kappa shape index (κ1) is 8.54. The fraction of sp³-hybridized carbons (Fsp3) is 0.667. The third-order valence-corrected chi connectivity index (χ3v) is 1.97. The van der Waals surface area contributed by atoms with Crippen LogP contribution in [-0.4, -0.2) is 24.4 Å². The van der Waals surface area contributed by atoms with Gasteiger partial charge in [0.2, 0.25) is 0 Å². The Kier molecular flexibility index (Phi) is 3.37. The Bertz CT molecular complexity index is 162. The van der Waals surface area contributed by atoms with E-state index in [2.05, 4.69) is 12.3 Å². The van der Waals surface area contributed by atoms with Crippen LogP contribution in [0.1, 0.15) is 19.3 Å². The predicted molar refractivity (Wildman–Crippen MR) is 43.3 cm³/mol. The van der Waals surface area contributed by atoms with Crippen LogP contribution in [0.2, 0.25) is 0 Å². The number of hydrogen-bond donors (Lipinski definition) is 1. The molecule has 0 radical (unpaired) electrons. The molecular formula is C9H14O2. The summed E-state index contributed by atoms with van der Waals surface area (Å²) in [4.78, 5) is 0. The van der Waals surface area contributed by atoms with Gasteiger partial charge < -0.3 is 9.84 Å². The van der Waals surface area contributed by atoms with E-state index in [9.17, 15) is 0 Å². The van der Waals surface area contributed by atoms with Crippen molar-refractivity contribution in [1.82, 2.24) is 0 Å². The normalized spacial score (nSPS) is 24.3. The smallest absolute Gasteiger partial charge is 0.0881 e. The minimum Gasteiger partial charge on any atom is -0.391 e. The summed E-state index contributed by atoms with van der Waals surface area (Å²) < 4.78 is 5.42. The van der Waals surface area contributed by atoms with Gasteiger partial charge in [-0.25, -0.2) is 0 Å². The second-order valence-corrected chi connectivity index (χ2v) is 2.72. The number of aliphatic hydroxyl groups excluding tert-OH is 1. The standard InChI is InChI=1S/C9H14O2/c1-2-8(7-10)9-5-3-4-6-11-9/h9-10H,1,3-7H2. The SMILES string of the molecule is C=C=C(CO)C1CCCCO1. The van der Waals surface area contributed by atoms with Gasteiger partial charge in [-0.1, -0.05) is 6.58 Å². The fourth-order valence-corrected chi connectivity index (χ4v) is 1.29. The number of hydrogen-bond acceptors (Lipinski definition) is 2. The predicted octanol–water partition coefficient (Wildman–Crippen LogP) is 1.26. The van der Waals surface area contributed by atoms with E-state index >= 15 is 0 Å². The lowest BCUT2D eigenvalue weighted by molar-refractivity contribution is 0.0332. The topological polar surface area (TPSA) is 29.5 Å². The zero-order valence-electron chi connectivity index (χ0n) is 6.68. The van der Waals surface area contributed by atoms with E-state index in [-0.39, 0.29) is 12.7 Å². The molecule has 1 atom stereocenters. The van der Waals surface area contributed by atoms with Crippen LogP contribution in [0.15, 0.2) is 17.9 Å². The van der Waals surface area contributed by atoms with Crippen molar-refractivity contribution in [2.75, 3.05) is 13.2 Å². The Morgan fingerprint density at radius 2 is 2.45 bits per heavy atom. The lowest BCUT2D eigenvalue weighted by Gasteiger charge is -2.22. The molecule has 0 spiro atoms. The highest BCUT2D eigenvalue weighted by Crippen LogP contribution is 2.18. The highest BCUT2D eigenvalue weighted by Gasteiger charge is 2.16. The lowest BCUT2D eigenvalue weighted by Crippen LogP contribution is -2.22. The number of rotatable bonds is 2. The largest absolute Gasteiger partial charge is 0.391 e. The van der Waals surface area contributed by atoms with E-state index in [1.807, 2.05) is 0 Å². The molecule has 1 rings (SSSR count). The molecule has 1 N–H and O–H groups in total. The number of ether oxygens (including phenoxy) is 1. The van der Waals surface area contributed by atoms with Crippen molar-refractivity contribution in [2.45, 2.75) is 25.4 Å². The minimum absolute atomic E-state index is 0.0220. The average Bonchev–Trinajstić information content (AvgIpc) is 2.09. The van der Waals surface area contributed by atoms with Crippen LogP contribution in [0.3, 0.4) is 0 Å². The summed E-state index contributed by atoms with van der Waals surface area (Å²) in [5, 5.41) is 8.86. The van der Waals surface area contributed by atoms with Crippen molar-refractivity contribution < 1.29 is 9.84 Å². The molecule has 0 aromatic rings. The van der Waals surface area contributed by atoms with Crippen LogP contribution in [0.25, 0.3) is 0 Å². The Balaban J connectivity index is 2.50. The van der Waals surface area contributed by atoms with Crippen LogP contribution >= 0.6 is 0 Å². The fourth-order valence-electron chi connectivity index (χ4n) is 1.29. The van der Waals surface area contributed by atoms with E-state index in [0.29, 0.717) is 0 Å². The summed E-state index contributed by atoms with van der Waals surface area (Å²) in [5.74, 6) is 0. The molecule has 1 fully saturated rings. The van der Waals surface area contributed by atoms with E-state index < -0.39 is 0 Å². The van der Waals surface area contributed by atoms with Crippen LogP contribution < -0.4 is 0 Å². The third kappa shape index (κ3) is 2.19. The van der Waals surface area contributed by atoms with E-state index in [0.717, 1.165) is 25.0 Å². The summed E-state index contributed by atoms with van der Waals surface area (Å²) in [5.41, 5.74) is 3.51. The molecule has 1 aliphatic rings. The Morgan fingerprint density at radius 1 is 1.64 bits per heavy atom. The maximum absolute atomic E-state index is 8.86.